The van der Waals surface area contributed by atoms with Crippen LogP contribution in [0.15, 0.2) is 64.9 Å². The smallest absolute Gasteiger partial charge is 0.339 e. The number of hydrogen-bond donors (Lipinski definition) is 0. The second-order valence-electron chi connectivity index (χ2n) is 7.71. The van der Waals surface area contributed by atoms with Crippen molar-refractivity contribution in [2.45, 2.75) is 11.4 Å². The summed E-state index contributed by atoms with van der Waals surface area (Å²) in [6.07, 6.45) is 0. The van der Waals surface area contributed by atoms with Crippen LogP contribution in [0.5, 0.6) is 17.2 Å². The Bertz CT molecular complexity index is 1190. The first-order valence-corrected chi connectivity index (χ1v) is 12.7. The van der Waals surface area contributed by atoms with E-state index in [4.69, 9.17) is 13.7 Å². The SMILES string of the molecule is COc1ccc(S(=O)(=O)Oc2cc(CN(CCN(C)C)C(=O)c3cccs3)ccc2OC)cc1. The minimum Gasteiger partial charge on any atom is -0.497 e. The maximum Gasteiger partial charge on any atom is 0.339 e. The lowest BCUT2D eigenvalue weighted by molar-refractivity contribution is 0.0736. The van der Waals surface area contributed by atoms with Gasteiger partial charge in [0, 0.05) is 19.6 Å². The third-order valence-corrected chi connectivity index (χ3v) is 7.09. The van der Waals surface area contributed by atoms with Crippen molar-refractivity contribution in [3.05, 3.63) is 70.4 Å². The Morgan fingerprint density at radius 1 is 0.941 bits per heavy atom. The molecule has 0 saturated carbocycles. The van der Waals surface area contributed by atoms with Gasteiger partial charge in [0.1, 0.15) is 10.6 Å². The van der Waals surface area contributed by atoms with E-state index < -0.39 is 10.1 Å². The number of carbonyl (C=O) groups is 1. The number of amides is 1. The van der Waals surface area contributed by atoms with Crippen molar-refractivity contribution in [2.75, 3.05) is 41.4 Å². The van der Waals surface area contributed by atoms with Crippen molar-refractivity contribution >= 4 is 27.4 Å². The molecule has 0 atom stereocenters. The van der Waals surface area contributed by atoms with Gasteiger partial charge in [0.2, 0.25) is 0 Å². The molecule has 0 bridgehead atoms. The second kappa shape index (κ2) is 11.4. The molecule has 0 spiro atoms. The minimum absolute atomic E-state index is 0.0127. The summed E-state index contributed by atoms with van der Waals surface area (Å²) >= 11 is 1.38. The summed E-state index contributed by atoms with van der Waals surface area (Å²) in [6, 6.07) is 14.5. The molecule has 10 heteroatoms. The van der Waals surface area contributed by atoms with Gasteiger partial charge in [0.25, 0.3) is 5.91 Å². The molecule has 3 aromatic rings. The molecule has 1 amide bonds. The highest BCUT2D eigenvalue weighted by Gasteiger charge is 2.22. The van der Waals surface area contributed by atoms with Crippen molar-refractivity contribution in [1.29, 1.82) is 0 Å². The van der Waals surface area contributed by atoms with Crippen LogP contribution in [-0.4, -0.2) is 65.5 Å². The molecule has 0 aliphatic heterocycles. The van der Waals surface area contributed by atoms with Gasteiger partial charge in [-0.2, -0.15) is 8.42 Å². The molecule has 0 unspecified atom stereocenters. The quantitative estimate of drug-likeness (QED) is 0.368. The fourth-order valence-corrected chi connectivity index (χ4v) is 4.77. The van der Waals surface area contributed by atoms with E-state index in [1.807, 2.05) is 30.4 Å². The Balaban J connectivity index is 1.86. The maximum atomic E-state index is 13.1. The second-order valence-corrected chi connectivity index (χ2v) is 10.2. The molecule has 34 heavy (non-hydrogen) atoms. The zero-order valence-electron chi connectivity index (χ0n) is 19.6. The highest BCUT2D eigenvalue weighted by molar-refractivity contribution is 7.87. The van der Waals surface area contributed by atoms with Gasteiger partial charge in [0.15, 0.2) is 11.5 Å². The molecule has 2 aromatic carbocycles. The van der Waals surface area contributed by atoms with Gasteiger partial charge in [-0.3, -0.25) is 4.79 Å². The molecule has 0 aliphatic carbocycles. The van der Waals surface area contributed by atoms with Gasteiger partial charge >= 0.3 is 10.1 Å². The molecule has 0 saturated heterocycles. The summed E-state index contributed by atoms with van der Waals surface area (Å²) < 4.78 is 41.5. The summed E-state index contributed by atoms with van der Waals surface area (Å²) in [5, 5.41) is 1.86. The lowest BCUT2D eigenvalue weighted by Crippen LogP contribution is -2.35. The first-order chi connectivity index (χ1) is 16.2. The first-order valence-electron chi connectivity index (χ1n) is 10.5. The largest absolute Gasteiger partial charge is 0.497 e. The standard InChI is InChI=1S/C24H28N2O6S2/c1-25(2)13-14-26(24(27)23-6-5-15-33-23)17-18-7-12-21(31-4)22(16-18)32-34(28,29)20-10-8-19(30-3)9-11-20/h5-12,15-16H,13-14,17H2,1-4H3. The average Bonchev–Trinajstić information content (AvgIpc) is 3.36. The van der Waals surface area contributed by atoms with Crippen LogP contribution in [0, 0.1) is 0 Å². The summed E-state index contributed by atoms with van der Waals surface area (Å²) in [4.78, 5) is 17.4. The van der Waals surface area contributed by atoms with Crippen LogP contribution in [0.2, 0.25) is 0 Å². The van der Waals surface area contributed by atoms with Crippen LogP contribution in [-0.2, 0) is 16.7 Å². The number of nitrogens with zero attached hydrogens (tertiary/aromatic N) is 2. The number of likely N-dealkylation sites (N-methyl/N-ethyl adjacent to an activating group) is 1. The summed E-state index contributed by atoms with van der Waals surface area (Å²) in [5.74, 6) is 0.768. The molecule has 8 nitrogen and oxygen atoms in total. The van der Waals surface area contributed by atoms with Gasteiger partial charge in [-0.05, 0) is 67.5 Å². The summed E-state index contributed by atoms with van der Waals surface area (Å²) in [7, 11) is 2.71. The number of ether oxygens (including phenoxy) is 2. The van der Waals surface area contributed by atoms with Crippen LogP contribution in [0.3, 0.4) is 0 Å². The predicted octanol–water partition coefficient (Wildman–Crippen LogP) is 3.74. The number of thiophene rings is 1. The van der Waals surface area contributed by atoms with E-state index >= 15 is 0 Å². The van der Waals surface area contributed by atoms with E-state index in [0.29, 0.717) is 29.3 Å². The van der Waals surface area contributed by atoms with Crippen LogP contribution >= 0.6 is 11.3 Å². The average molecular weight is 505 g/mol. The van der Waals surface area contributed by atoms with E-state index in [1.165, 1.54) is 37.7 Å². The number of hydrogen-bond acceptors (Lipinski definition) is 8. The van der Waals surface area contributed by atoms with Crippen LogP contribution in [0.4, 0.5) is 0 Å². The normalized spacial score (nSPS) is 11.3. The Hall–Kier alpha value is -3.08. The van der Waals surface area contributed by atoms with Crippen molar-refractivity contribution in [1.82, 2.24) is 9.80 Å². The minimum atomic E-state index is -4.11. The van der Waals surface area contributed by atoms with E-state index in [0.717, 1.165) is 0 Å². The molecule has 0 radical (unpaired) electrons. The lowest BCUT2D eigenvalue weighted by atomic mass is 10.2. The van der Waals surface area contributed by atoms with Crippen LogP contribution in [0.1, 0.15) is 15.2 Å². The number of carbonyl (C=O) groups excluding carboxylic acids is 1. The third-order valence-electron chi connectivity index (χ3n) is 4.99. The lowest BCUT2D eigenvalue weighted by Gasteiger charge is -2.24. The topological polar surface area (TPSA) is 85.4 Å². The van der Waals surface area contributed by atoms with Crippen molar-refractivity contribution in [3.63, 3.8) is 0 Å². The fraction of sp³-hybridized carbons (Fsp3) is 0.292. The van der Waals surface area contributed by atoms with Gasteiger partial charge in [-0.1, -0.05) is 12.1 Å². The maximum absolute atomic E-state index is 13.1. The number of rotatable bonds is 11. The monoisotopic (exact) mass is 504 g/mol. The summed E-state index contributed by atoms with van der Waals surface area (Å²) in [6.45, 7) is 1.48. The molecule has 1 aromatic heterocycles. The van der Waals surface area contributed by atoms with E-state index in [2.05, 4.69) is 0 Å². The fourth-order valence-electron chi connectivity index (χ4n) is 3.14. The van der Waals surface area contributed by atoms with Gasteiger partial charge in [-0.25, -0.2) is 0 Å². The predicted molar refractivity (Wildman–Crippen MR) is 131 cm³/mol. The Labute approximate surface area is 204 Å². The van der Waals surface area contributed by atoms with Crippen molar-refractivity contribution in [3.8, 4) is 17.2 Å². The number of benzene rings is 2. The molecule has 0 fully saturated rings. The molecular weight excluding hydrogens is 476 g/mol. The highest BCUT2D eigenvalue weighted by atomic mass is 32.2. The Morgan fingerprint density at radius 3 is 2.26 bits per heavy atom. The number of methoxy groups -OCH3 is 2. The van der Waals surface area contributed by atoms with Gasteiger partial charge in [0.05, 0.1) is 19.1 Å². The first kappa shape index (κ1) is 25.5. The van der Waals surface area contributed by atoms with Crippen LogP contribution < -0.4 is 13.7 Å². The zero-order chi connectivity index (χ0) is 24.7. The Morgan fingerprint density at radius 2 is 1.68 bits per heavy atom. The van der Waals surface area contributed by atoms with Crippen molar-refractivity contribution in [2.24, 2.45) is 0 Å². The van der Waals surface area contributed by atoms with Crippen LogP contribution in [0.25, 0.3) is 0 Å². The molecule has 182 valence electrons. The van der Waals surface area contributed by atoms with E-state index in [9.17, 15) is 13.2 Å². The summed E-state index contributed by atoms with van der Waals surface area (Å²) in [5.41, 5.74) is 0.712. The molecule has 0 aliphatic rings. The zero-order valence-corrected chi connectivity index (χ0v) is 21.2. The molecule has 3 rings (SSSR count). The molecule has 1 heterocycles. The Kier molecular flexibility index (Phi) is 8.54. The van der Waals surface area contributed by atoms with E-state index in [-0.39, 0.29) is 28.8 Å². The highest BCUT2D eigenvalue weighted by Crippen LogP contribution is 2.32. The van der Waals surface area contributed by atoms with E-state index in [1.54, 1.807) is 41.3 Å². The molecule has 0 N–H and O–H groups in total. The molecular formula is C24H28N2O6S2. The van der Waals surface area contributed by atoms with Gasteiger partial charge in [-0.15, -0.1) is 11.3 Å². The van der Waals surface area contributed by atoms with Gasteiger partial charge < -0.3 is 23.5 Å². The van der Waals surface area contributed by atoms with Crippen molar-refractivity contribution < 1.29 is 26.9 Å². The third kappa shape index (κ3) is 6.49.